The summed E-state index contributed by atoms with van der Waals surface area (Å²) >= 11 is 6.85. The Morgan fingerprint density at radius 2 is 2.07 bits per heavy atom. The van der Waals surface area contributed by atoms with Crippen molar-refractivity contribution in [3.8, 4) is 0 Å². The second-order valence-electron chi connectivity index (χ2n) is 5.80. The molecular formula is C17H16ClFN4O3S2. The number of primary sulfonamides is 1. The molecule has 0 aliphatic rings. The zero-order valence-corrected chi connectivity index (χ0v) is 17.0. The van der Waals surface area contributed by atoms with Crippen LogP contribution in [-0.4, -0.2) is 29.6 Å². The summed E-state index contributed by atoms with van der Waals surface area (Å²) in [5.41, 5.74) is 1.22. The van der Waals surface area contributed by atoms with Crippen molar-refractivity contribution < 1.29 is 17.6 Å². The van der Waals surface area contributed by atoms with Gasteiger partial charge in [-0.3, -0.25) is 4.79 Å². The molecule has 148 valence electrons. The third kappa shape index (κ3) is 4.46. The second-order valence-corrected chi connectivity index (χ2v) is 8.74. The van der Waals surface area contributed by atoms with E-state index in [1.165, 1.54) is 24.3 Å². The number of carbonyl (C=O) groups is 1. The first kappa shape index (κ1) is 20.6. The van der Waals surface area contributed by atoms with Crippen LogP contribution in [0.15, 0.2) is 46.5 Å². The molecule has 1 amide bonds. The molecule has 0 saturated carbocycles. The number of thioether (sulfide) groups is 1. The number of aromatic nitrogens is 2. The number of aryl methyl sites for hydroxylation is 1. The Bertz CT molecular complexity index is 1160. The van der Waals surface area contributed by atoms with Gasteiger partial charge in [-0.15, -0.1) is 0 Å². The Morgan fingerprint density at radius 3 is 2.71 bits per heavy atom. The van der Waals surface area contributed by atoms with E-state index in [1.807, 2.05) is 11.5 Å². The van der Waals surface area contributed by atoms with E-state index in [0.717, 1.165) is 23.3 Å². The van der Waals surface area contributed by atoms with Gasteiger partial charge < -0.3 is 9.88 Å². The highest BCUT2D eigenvalue weighted by Crippen LogP contribution is 2.26. The Balaban J connectivity index is 1.78. The minimum Gasteiger partial charge on any atom is -0.323 e. The van der Waals surface area contributed by atoms with Crippen LogP contribution in [0.2, 0.25) is 5.02 Å². The molecular weight excluding hydrogens is 427 g/mol. The maximum Gasteiger partial charge on any atom is 0.238 e. The second kappa shape index (κ2) is 8.08. The number of nitrogens with zero attached hydrogens (tertiary/aromatic N) is 2. The average molecular weight is 443 g/mol. The van der Waals surface area contributed by atoms with E-state index < -0.39 is 21.7 Å². The van der Waals surface area contributed by atoms with Gasteiger partial charge in [0, 0.05) is 11.6 Å². The van der Waals surface area contributed by atoms with Gasteiger partial charge in [0.25, 0.3) is 0 Å². The zero-order valence-electron chi connectivity index (χ0n) is 14.6. The number of rotatable bonds is 6. The van der Waals surface area contributed by atoms with Gasteiger partial charge >= 0.3 is 0 Å². The lowest BCUT2D eigenvalue weighted by atomic mass is 10.3. The predicted octanol–water partition coefficient (Wildman–Crippen LogP) is 3.23. The summed E-state index contributed by atoms with van der Waals surface area (Å²) in [7, 11) is -3.84. The van der Waals surface area contributed by atoms with E-state index >= 15 is 0 Å². The Morgan fingerprint density at radius 1 is 1.32 bits per heavy atom. The first-order valence-corrected chi connectivity index (χ1v) is 11.0. The van der Waals surface area contributed by atoms with Gasteiger partial charge in [-0.25, -0.2) is 22.9 Å². The molecule has 3 aromatic rings. The fraction of sp³-hybridized carbons (Fsp3) is 0.176. The molecule has 0 unspecified atom stereocenters. The highest BCUT2D eigenvalue weighted by atomic mass is 35.5. The van der Waals surface area contributed by atoms with Crippen LogP contribution >= 0.6 is 23.4 Å². The molecule has 28 heavy (non-hydrogen) atoms. The predicted molar refractivity (Wildman–Crippen MR) is 108 cm³/mol. The van der Waals surface area contributed by atoms with Crippen LogP contribution in [0.25, 0.3) is 11.0 Å². The number of hydrogen-bond acceptors (Lipinski definition) is 5. The van der Waals surface area contributed by atoms with Gasteiger partial charge in [-0.1, -0.05) is 23.4 Å². The summed E-state index contributed by atoms with van der Waals surface area (Å²) in [5.74, 6) is -1.04. The Labute approximate surface area is 170 Å². The molecule has 0 radical (unpaired) electrons. The minimum atomic E-state index is -3.84. The third-order valence-corrected chi connectivity index (χ3v) is 5.99. The number of carbonyl (C=O) groups excluding carboxylic acids is 1. The first-order chi connectivity index (χ1) is 13.2. The van der Waals surface area contributed by atoms with Gasteiger partial charge in [0.05, 0.1) is 27.4 Å². The summed E-state index contributed by atoms with van der Waals surface area (Å²) in [6.07, 6.45) is 0. The van der Waals surface area contributed by atoms with Gasteiger partial charge in [-0.05, 0) is 43.3 Å². The molecule has 0 saturated heterocycles. The van der Waals surface area contributed by atoms with E-state index in [0.29, 0.717) is 17.2 Å². The molecule has 0 bridgehead atoms. The van der Waals surface area contributed by atoms with Crippen molar-refractivity contribution in [1.82, 2.24) is 9.55 Å². The molecule has 7 nitrogen and oxygen atoms in total. The van der Waals surface area contributed by atoms with Crippen molar-refractivity contribution >= 4 is 56.0 Å². The smallest absolute Gasteiger partial charge is 0.238 e. The van der Waals surface area contributed by atoms with Crippen LogP contribution in [-0.2, 0) is 21.4 Å². The van der Waals surface area contributed by atoms with Gasteiger partial charge in [-0.2, -0.15) is 0 Å². The van der Waals surface area contributed by atoms with Crippen molar-refractivity contribution in [3.63, 3.8) is 0 Å². The molecule has 0 spiro atoms. The molecule has 3 rings (SSSR count). The molecule has 3 N–H and O–H groups in total. The number of hydrogen-bond donors (Lipinski definition) is 2. The number of sulfonamides is 1. The SMILES string of the molecule is CCn1c(SCC(=O)Nc2ccc(Cl)cc2F)nc2cc(S(N)(=O)=O)ccc21. The number of amides is 1. The summed E-state index contributed by atoms with van der Waals surface area (Å²) in [4.78, 5) is 16.5. The lowest BCUT2D eigenvalue weighted by Crippen LogP contribution is -2.15. The van der Waals surface area contributed by atoms with Crippen molar-refractivity contribution in [2.45, 2.75) is 23.5 Å². The number of nitrogens with one attached hydrogen (secondary N) is 1. The van der Waals surface area contributed by atoms with Gasteiger partial charge in [0.2, 0.25) is 15.9 Å². The number of imidazole rings is 1. The zero-order chi connectivity index (χ0) is 20.5. The summed E-state index contributed by atoms with van der Waals surface area (Å²) in [6.45, 7) is 2.48. The molecule has 1 heterocycles. The summed E-state index contributed by atoms with van der Waals surface area (Å²) in [6, 6.07) is 8.41. The van der Waals surface area contributed by atoms with E-state index in [4.69, 9.17) is 16.7 Å². The van der Waals surface area contributed by atoms with Crippen LogP contribution in [0.4, 0.5) is 10.1 Å². The van der Waals surface area contributed by atoms with Gasteiger partial charge in [0.1, 0.15) is 5.82 Å². The van der Waals surface area contributed by atoms with Gasteiger partial charge in [0.15, 0.2) is 5.16 Å². The van der Waals surface area contributed by atoms with Crippen LogP contribution in [0.1, 0.15) is 6.92 Å². The minimum absolute atomic E-state index is 0.00651. The van der Waals surface area contributed by atoms with Crippen molar-refractivity contribution in [2.75, 3.05) is 11.1 Å². The van der Waals surface area contributed by atoms with Crippen molar-refractivity contribution in [2.24, 2.45) is 5.14 Å². The highest BCUT2D eigenvalue weighted by Gasteiger charge is 2.16. The number of fused-ring (bicyclic) bond motifs is 1. The summed E-state index contributed by atoms with van der Waals surface area (Å²) < 4.78 is 38.7. The molecule has 1 aromatic heterocycles. The van der Waals surface area contributed by atoms with Crippen molar-refractivity contribution in [1.29, 1.82) is 0 Å². The normalized spacial score (nSPS) is 11.7. The molecule has 11 heteroatoms. The molecule has 2 aromatic carbocycles. The van der Waals surface area contributed by atoms with E-state index in [1.54, 1.807) is 6.07 Å². The van der Waals surface area contributed by atoms with Crippen LogP contribution in [0.5, 0.6) is 0 Å². The van der Waals surface area contributed by atoms with Crippen LogP contribution in [0, 0.1) is 5.82 Å². The lowest BCUT2D eigenvalue weighted by molar-refractivity contribution is -0.113. The van der Waals surface area contributed by atoms with E-state index in [2.05, 4.69) is 10.3 Å². The number of benzene rings is 2. The molecule has 0 aliphatic carbocycles. The van der Waals surface area contributed by atoms with Crippen LogP contribution in [0.3, 0.4) is 0 Å². The number of nitrogens with two attached hydrogens (primary N) is 1. The fourth-order valence-electron chi connectivity index (χ4n) is 2.59. The summed E-state index contributed by atoms with van der Waals surface area (Å²) in [5, 5.41) is 8.41. The number of anilines is 1. The van der Waals surface area contributed by atoms with E-state index in [9.17, 15) is 17.6 Å². The van der Waals surface area contributed by atoms with Crippen molar-refractivity contribution in [3.05, 3.63) is 47.2 Å². The van der Waals surface area contributed by atoms with E-state index in [-0.39, 0.29) is 21.4 Å². The maximum absolute atomic E-state index is 13.8. The molecule has 0 fully saturated rings. The topological polar surface area (TPSA) is 107 Å². The first-order valence-electron chi connectivity index (χ1n) is 8.10. The monoisotopic (exact) mass is 442 g/mol. The molecule has 0 aliphatic heterocycles. The number of halogens is 2. The largest absolute Gasteiger partial charge is 0.323 e. The van der Waals surface area contributed by atoms with Crippen LogP contribution < -0.4 is 10.5 Å². The molecule has 0 atom stereocenters. The lowest BCUT2D eigenvalue weighted by Gasteiger charge is -2.08. The standard InChI is InChI=1S/C17H16ClFN4O3S2/c1-2-23-15-6-4-11(28(20,25)26)8-14(15)22-17(23)27-9-16(24)21-13-5-3-10(18)7-12(13)19/h3-8H,2,9H2,1H3,(H,21,24)(H2,20,25,26). The Hall–Kier alpha value is -2.14. The Kier molecular flexibility index (Phi) is 5.94. The third-order valence-electron chi connectivity index (χ3n) is 3.87. The fourth-order valence-corrected chi connectivity index (χ4v) is 4.16. The quantitative estimate of drug-likeness (QED) is 0.570. The average Bonchev–Trinajstić information content (AvgIpc) is 2.98. The maximum atomic E-state index is 13.8. The highest BCUT2D eigenvalue weighted by molar-refractivity contribution is 7.99.